The van der Waals surface area contributed by atoms with Crippen molar-refractivity contribution in [2.75, 3.05) is 0 Å². The molecule has 4 nitrogen and oxygen atoms in total. The molecule has 136 valence electrons. The third-order valence-electron chi connectivity index (χ3n) is 6.50. The summed E-state index contributed by atoms with van der Waals surface area (Å²) in [5.41, 5.74) is 4.99. The van der Waals surface area contributed by atoms with Crippen molar-refractivity contribution in [2.24, 2.45) is 0 Å². The van der Waals surface area contributed by atoms with Gasteiger partial charge in [-0.1, -0.05) is 38.5 Å². The first-order valence-electron chi connectivity index (χ1n) is 10.4. The molecule has 0 aliphatic heterocycles. The van der Waals surface area contributed by atoms with E-state index in [9.17, 15) is 0 Å². The zero-order valence-electron chi connectivity index (χ0n) is 15.5. The highest BCUT2D eigenvalue weighted by Gasteiger charge is 2.27. The highest BCUT2D eigenvalue weighted by molar-refractivity contribution is 5.92. The van der Waals surface area contributed by atoms with Crippen LogP contribution in [0.15, 0.2) is 30.9 Å². The molecule has 0 amide bonds. The van der Waals surface area contributed by atoms with E-state index in [1.54, 1.807) is 0 Å². The first-order chi connectivity index (χ1) is 12.9. The van der Waals surface area contributed by atoms with Crippen LogP contribution in [0.1, 0.15) is 81.9 Å². The molecule has 0 unspecified atom stereocenters. The Morgan fingerprint density at radius 1 is 0.885 bits per heavy atom. The number of pyridine rings is 1. The Kier molecular flexibility index (Phi) is 4.27. The maximum atomic E-state index is 5.01. The number of imidazole rings is 1. The molecule has 2 aliphatic carbocycles. The van der Waals surface area contributed by atoms with Crippen molar-refractivity contribution in [1.82, 2.24) is 19.5 Å². The largest absolute Gasteiger partial charge is 0.346 e. The Morgan fingerprint density at radius 3 is 2.46 bits per heavy atom. The minimum Gasteiger partial charge on any atom is -0.346 e. The lowest BCUT2D eigenvalue weighted by molar-refractivity contribution is 0.355. The Labute approximate surface area is 155 Å². The van der Waals surface area contributed by atoms with Gasteiger partial charge in [-0.25, -0.2) is 9.97 Å². The van der Waals surface area contributed by atoms with Crippen molar-refractivity contribution < 1.29 is 0 Å². The van der Waals surface area contributed by atoms with Gasteiger partial charge in [0.05, 0.1) is 17.7 Å². The second kappa shape index (κ2) is 6.90. The standard InChI is InChI=1S/C22H28N4/c1-3-7-16(8-4-1)20-21(18-11-13-23-22-19(18)12-14-24-22)26(15-25-20)17-9-5-2-6-10-17/h11-17H,1-10H2,(H,23,24). The van der Waals surface area contributed by atoms with E-state index in [1.807, 2.05) is 12.4 Å². The topological polar surface area (TPSA) is 46.5 Å². The van der Waals surface area contributed by atoms with Crippen molar-refractivity contribution in [3.8, 4) is 11.3 Å². The lowest BCUT2D eigenvalue weighted by Gasteiger charge is -2.27. The highest BCUT2D eigenvalue weighted by atomic mass is 15.1. The molecule has 0 aromatic carbocycles. The minimum absolute atomic E-state index is 0.603. The average Bonchev–Trinajstić information content (AvgIpc) is 3.36. The molecule has 0 atom stereocenters. The lowest BCUT2D eigenvalue weighted by Crippen LogP contribution is -2.14. The number of nitrogens with zero attached hydrogens (tertiary/aromatic N) is 3. The van der Waals surface area contributed by atoms with E-state index in [2.05, 4.69) is 33.0 Å². The fourth-order valence-corrected chi connectivity index (χ4v) is 5.13. The molecular formula is C22H28N4. The number of rotatable bonds is 3. The van der Waals surface area contributed by atoms with Gasteiger partial charge in [0.15, 0.2) is 0 Å². The summed E-state index contributed by atoms with van der Waals surface area (Å²) < 4.78 is 2.52. The van der Waals surface area contributed by atoms with Crippen molar-refractivity contribution in [2.45, 2.75) is 76.2 Å². The number of H-pyrrole nitrogens is 1. The number of fused-ring (bicyclic) bond motifs is 1. The van der Waals surface area contributed by atoms with E-state index in [0.717, 1.165) is 5.65 Å². The normalized spacial score (nSPS) is 20.0. The zero-order valence-corrected chi connectivity index (χ0v) is 15.5. The van der Waals surface area contributed by atoms with Crippen LogP contribution in [-0.2, 0) is 0 Å². The number of nitrogens with one attached hydrogen (secondary N) is 1. The molecular weight excluding hydrogens is 320 g/mol. The summed E-state index contributed by atoms with van der Waals surface area (Å²) in [5, 5.41) is 1.22. The Hall–Kier alpha value is -2.10. The van der Waals surface area contributed by atoms with Gasteiger partial charge >= 0.3 is 0 Å². The van der Waals surface area contributed by atoms with Gasteiger partial charge < -0.3 is 9.55 Å². The lowest BCUT2D eigenvalue weighted by atomic mass is 9.85. The molecule has 0 radical (unpaired) electrons. The average molecular weight is 348 g/mol. The molecule has 0 saturated heterocycles. The monoisotopic (exact) mass is 348 g/mol. The molecule has 5 rings (SSSR count). The fraction of sp³-hybridized carbons (Fsp3) is 0.545. The third kappa shape index (κ3) is 2.76. The zero-order chi connectivity index (χ0) is 17.3. The van der Waals surface area contributed by atoms with Crippen molar-refractivity contribution >= 4 is 11.0 Å². The summed E-state index contributed by atoms with van der Waals surface area (Å²) in [6.07, 6.45) is 19.4. The van der Waals surface area contributed by atoms with Crippen molar-refractivity contribution in [1.29, 1.82) is 0 Å². The van der Waals surface area contributed by atoms with E-state index < -0.39 is 0 Å². The summed E-state index contributed by atoms with van der Waals surface area (Å²) in [7, 11) is 0. The molecule has 0 bridgehead atoms. The second-order valence-corrected chi connectivity index (χ2v) is 8.11. The maximum Gasteiger partial charge on any atom is 0.137 e. The first-order valence-corrected chi connectivity index (χ1v) is 10.4. The van der Waals surface area contributed by atoms with Gasteiger partial charge in [-0.3, -0.25) is 0 Å². The van der Waals surface area contributed by atoms with Crippen LogP contribution in [0.2, 0.25) is 0 Å². The van der Waals surface area contributed by atoms with E-state index >= 15 is 0 Å². The maximum absolute atomic E-state index is 5.01. The molecule has 1 N–H and O–H groups in total. The predicted octanol–water partition coefficient (Wildman–Crippen LogP) is 5.98. The van der Waals surface area contributed by atoms with Gasteiger partial charge in [0, 0.05) is 35.3 Å². The molecule has 4 heteroatoms. The second-order valence-electron chi connectivity index (χ2n) is 8.11. The van der Waals surface area contributed by atoms with E-state index in [1.165, 1.54) is 86.5 Å². The van der Waals surface area contributed by atoms with Crippen molar-refractivity contribution in [3.63, 3.8) is 0 Å². The van der Waals surface area contributed by atoms with Crippen LogP contribution in [-0.4, -0.2) is 19.5 Å². The van der Waals surface area contributed by atoms with Crippen LogP contribution in [0.5, 0.6) is 0 Å². The van der Waals surface area contributed by atoms with Gasteiger partial charge in [-0.15, -0.1) is 0 Å². The Bertz CT molecular complexity index is 843. The van der Waals surface area contributed by atoms with Gasteiger partial charge in [-0.05, 0) is 37.8 Å². The minimum atomic E-state index is 0.603. The predicted molar refractivity (Wildman–Crippen MR) is 105 cm³/mol. The number of hydrogen-bond acceptors (Lipinski definition) is 2. The van der Waals surface area contributed by atoms with Gasteiger partial charge in [0.25, 0.3) is 0 Å². The van der Waals surface area contributed by atoms with Crippen LogP contribution in [0.3, 0.4) is 0 Å². The third-order valence-corrected chi connectivity index (χ3v) is 6.50. The molecule has 3 aromatic heterocycles. The number of aromatic nitrogens is 4. The van der Waals surface area contributed by atoms with E-state index in [0.29, 0.717) is 12.0 Å². The molecule has 26 heavy (non-hydrogen) atoms. The van der Waals surface area contributed by atoms with E-state index in [4.69, 9.17) is 4.98 Å². The molecule has 3 aromatic rings. The Morgan fingerprint density at radius 2 is 1.65 bits per heavy atom. The van der Waals surface area contributed by atoms with Crippen LogP contribution >= 0.6 is 0 Å². The van der Waals surface area contributed by atoms with Gasteiger partial charge in [0.2, 0.25) is 0 Å². The summed E-state index contributed by atoms with van der Waals surface area (Å²) in [5.74, 6) is 0.616. The summed E-state index contributed by atoms with van der Waals surface area (Å²) in [6, 6.07) is 4.96. The fourth-order valence-electron chi connectivity index (χ4n) is 5.13. The summed E-state index contributed by atoms with van der Waals surface area (Å²) >= 11 is 0. The van der Waals surface area contributed by atoms with Crippen LogP contribution in [0.25, 0.3) is 22.3 Å². The molecule has 0 spiro atoms. The van der Waals surface area contributed by atoms with Crippen LogP contribution in [0.4, 0.5) is 0 Å². The van der Waals surface area contributed by atoms with Gasteiger partial charge in [0.1, 0.15) is 5.65 Å². The Balaban J connectivity index is 1.67. The molecule has 3 heterocycles. The molecule has 2 saturated carbocycles. The van der Waals surface area contributed by atoms with E-state index in [-0.39, 0.29) is 0 Å². The summed E-state index contributed by atoms with van der Waals surface area (Å²) in [6.45, 7) is 0. The molecule has 2 aliphatic rings. The number of aromatic amines is 1. The molecule has 2 fully saturated rings. The van der Waals surface area contributed by atoms with Crippen molar-refractivity contribution in [3.05, 3.63) is 36.5 Å². The SMILES string of the molecule is c1cc(-c2c(C3CCCCC3)ncn2C2CCCCC2)c2cc[nH]c2n1. The van der Waals surface area contributed by atoms with Crippen LogP contribution in [0, 0.1) is 0 Å². The summed E-state index contributed by atoms with van der Waals surface area (Å²) in [4.78, 5) is 12.8. The smallest absolute Gasteiger partial charge is 0.137 e. The first kappa shape index (κ1) is 16.1. The quantitative estimate of drug-likeness (QED) is 0.633. The number of hydrogen-bond donors (Lipinski definition) is 1. The highest BCUT2D eigenvalue weighted by Crippen LogP contribution is 2.42. The van der Waals surface area contributed by atoms with Gasteiger partial charge in [-0.2, -0.15) is 0 Å². The van der Waals surface area contributed by atoms with Crippen LogP contribution < -0.4 is 0 Å².